The summed E-state index contributed by atoms with van der Waals surface area (Å²) in [7, 11) is 0. The molecule has 3 N–H and O–H groups in total. The molecule has 0 radical (unpaired) electrons. The molecule has 0 aliphatic carbocycles. The number of fused-ring (bicyclic) bond motifs is 1. The van der Waals surface area contributed by atoms with Crippen molar-refractivity contribution < 1.29 is 15.0 Å². The summed E-state index contributed by atoms with van der Waals surface area (Å²) in [6, 6.07) is 14.3. The molecule has 5 rings (SSSR count). The number of hydrogen-bond acceptors (Lipinski definition) is 7. The highest BCUT2D eigenvalue weighted by Gasteiger charge is 2.21. The number of carboxylic acid groups (broad SMARTS) is 1. The lowest BCUT2D eigenvalue weighted by Crippen LogP contribution is -2.23. The van der Waals surface area contributed by atoms with E-state index in [1.807, 2.05) is 25.1 Å². The van der Waals surface area contributed by atoms with Crippen molar-refractivity contribution in [3.05, 3.63) is 99.7 Å². The maximum atomic E-state index is 13.5. The predicted octanol–water partition coefficient (Wildman–Crippen LogP) is 4.51. The predicted molar refractivity (Wildman–Crippen MR) is 148 cm³/mol. The highest BCUT2D eigenvalue weighted by atomic mass is 16.4. The van der Waals surface area contributed by atoms with E-state index in [4.69, 9.17) is 0 Å². The number of anilines is 2. The van der Waals surface area contributed by atoms with Gasteiger partial charge in [0.1, 0.15) is 11.4 Å². The number of nitrogens with zero attached hydrogens (tertiary/aromatic N) is 5. The van der Waals surface area contributed by atoms with Crippen LogP contribution in [0, 0.1) is 6.92 Å². The van der Waals surface area contributed by atoms with E-state index in [-0.39, 0.29) is 22.4 Å². The lowest BCUT2D eigenvalue weighted by Gasteiger charge is -2.19. The van der Waals surface area contributed by atoms with Crippen LogP contribution in [-0.2, 0) is 12.0 Å². The van der Waals surface area contributed by atoms with Gasteiger partial charge in [0.15, 0.2) is 5.82 Å². The van der Waals surface area contributed by atoms with Gasteiger partial charge in [-0.1, -0.05) is 39.0 Å². The molecule has 0 atom stereocenters. The van der Waals surface area contributed by atoms with Gasteiger partial charge < -0.3 is 15.5 Å². The minimum atomic E-state index is -1.18. The Kier molecular flexibility index (Phi) is 6.49. The first-order valence-corrected chi connectivity index (χ1v) is 12.4. The van der Waals surface area contributed by atoms with Crippen LogP contribution in [0.5, 0.6) is 0 Å². The van der Waals surface area contributed by atoms with E-state index in [1.165, 1.54) is 15.6 Å². The van der Waals surface area contributed by atoms with Crippen molar-refractivity contribution in [3.63, 3.8) is 0 Å². The molecular formula is C29H28N6O4. The van der Waals surface area contributed by atoms with E-state index in [2.05, 4.69) is 41.3 Å². The highest BCUT2D eigenvalue weighted by Crippen LogP contribution is 2.27. The van der Waals surface area contributed by atoms with Crippen LogP contribution in [-0.4, -0.2) is 40.7 Å². The van der Waals surface area contributed by atoms with E-state index < -0.39 is 12.6 Å². The molecule has 0 aliphatic heterocycles. The number of aliphatic hydroxyl groups is 1. The molecule has 198 valence electrons. The minimum absolute atomic E-state index is 0.0801. The van der Waals surface area contributed by atoms with Gasteiger partial charge in [-0.25, -0.2) is 14.5 Å². The monoisotopic (exact) mass is 524 g/mol. The smallest absolute Gasteiger partial charge is 0.341 e. The Morgan fingerprint density at radius 2 is 1.82 bits per heavy atom. The number of aliphatic hydroxyl groups excluding tert-OH is 1. The molecule has 39 heavy (non-hydrogen) atoms. The van der Waals surface area contributed by atoms with Gasteiger partial charge in [-0.05, 0) is 53.8 Å². The third-order valence-corrected chi connectivity index (χ3v) is 6.51. The minimum Gasteiger partial charge on any atom is -0.477 e. The van der Waals surface area contributed by atoms with Crippen LogP contribution in [0.3, 0.4) is 0 Å². The number of aromatic nitrogens is 5. The lowest BCUT2D eigenvalue weighted by molar-refractivity contribution is 0.0698. The summed E-state index contributed by atoms with van der Waals surface area (Å²) in [6.45, 7) is 7.77. The second-order valence-electron chi connectivity index (χ2n) is 10.3. The molecule has 0 saturated carbocycles. The van der Waals surface area contributed by atoms with Gasteiger partial charge in [-0.2, -0.15) is 9.78 Å². The van der Waals surface area contributed by atoms with Gasteiger partial charge in [0.2, 0.25) is 0 Å². The largest absolute Gasteiger partial charge is 0.477 e. The van der Waals surface area contributed by atoms with Crippen LogP contribution in [0.2, 0.25) is 0 Å². The van der Waals surface area contributed by atoms with Crippen LogP contribution in [0.25, 0.3) is 22.1 Å². The second kappa shape index (κ2) is 9.80. The fraction of sp³-hybridized carbons (Fsp3) is 0.207. The summed E-state index contributed by atoms with van der Waals surface area (Å²) in [5.74, 6) is -0.658. The molecule has 10 heteroatoms. The quantitative estimate of drug-likeness (QED) is 0.295. The van der Waals surface area contributed by atoms with E-state index in [0.29, 0.717) is 28.1 Å². The van der Waals surface area contributed by atoms with E-state index in [1.54, 1.807) is 42.7 Å². The Morgan fingerprint density at radius 3 is 2.49 bits per heavy atom. The normalized spacial score (nSPS) is 11.6. The summed E-state index contributed by atoms with van der Waals surface area (Å²) in [6.07, 6.45) is 4.64. The van der Waals surface area contributed by atoms with Crippen LogP contribution in [0.15, 0.2) is 71.9 Å². The highest BCUT2D eigenvalue weighted by molar-refractivity contribution is 5.94. The molecule has 10 nitrogen and oxygen atoms in total. The summed E-state index contributed by atoms with van der Waals surface area (Å²) in [4.78, 5) is 29.7. The molecule has 0 aliphatic rings. The molecule has 0 saturated heterocycles. The first kappa shape index (κ1) is 25.8. The summed E-state index contributed by atoms with van der Waals surface area (Å²) in [5, 5.41) is 33.2. The van der Waals surface area contributed by atoms with Gasteiger partial charge in [0, 0.05) is 23.3 Å². The molecule has 0 fully saturated rings. The third kappa shape index (κ3) is 4.89. The standard InChI is InChI=1S/C29H28N6O4/c1-17-8-11-25(30-13-17)32-26-21(28(38)39)15-34(33-26)23-6-5-7-24(22(23)16-36)35-27(37)20-10-9-19(29(2,3)4)12-18(20)14-31-35/h5-15,36H,16H2,1-4H3,(H,38,39)(H,30,32,33). The molecule has 2 aromatic carbocycles. The summed E-state index contributed by atoms with van der Waals surface area (Å²) < 4.78 is 2.60. The fourth-order valence-electron chi connectivity index (χ4n) is 4.34. The summed E-state index contributed by atoms with van der Waals surface area (Å²) >= 11 is 0. The zero-order chi connectivity index (χ0) is 27.9. The number of carbonyl (C=O) groups is 1. The van der Waals surface area contributed by atoms with Crippen molar-refractivity contribution in [1.82, 2.24) is 24.5 Å². The number of hydrogen-bond donors (Lipinski definition) is 3. The maximum Gasteiger partial charge on any atom is 0.341 e. The zero-order valence-corrected chi connectivity index (χ0v) is 22.0. The van der Waals surface area contributed by atoms with Crippen molar-refractivity contribution in [1.29, 1.82) is 0 Å². The number of carboxylic acids is 1. The van der Waals surface area contributed by atoms with E-state index >= 15 is 0 Å². The van der Waals surface area contributed by atoms with Crippen LogP contribution in [0.1, 0.15) is 47.8 Å². The Bertz CT molecular complexity index is 1760. The Hall–Kier alpha value is -4.83. The fourth-order valence-corrected chi connectivity index (χ4v) is 4.34. The molecule has 0 amide bonds. The van der Waals surface area contributed by atoms with Gasteiger partial charge in [0.25, 0.3) is 5.56 Å². The Morgan fingerprint density at radius 1 is 1.05 bits per heavy atom. The van der Waals surface area contributed by atoms with Crippen molar-refractivity contribution in [2.75, 3.05) is 5.32 Å². The van der Waals surface area contributed by atoms with Gasteiger partial charge >= 0.3 is 5.97 Å². The summed E-state index contributed by atoms with van der Waals surface area (Å²) in [5.41, 5.74) is 2.68. The molecule has 5 aromatic rings. The SMILES string of the molecule is Cc1ccc(Nc2nn(-c3cccc(-n4ncc5cc(C(C)(C)C)ccc5c4=O)c3CO)cc2C(=O)O)nc1. The van der Waals surface area contributed by atoms with Crippen LogP contribution < -0.4 is 10.9 Å². The number of nitrogens with one attached hydrogen (secondary N) is 1. The van der Waals surface area contributed by atoms with Crippen molar-refractivity contribution in [2.45, 2.75) is 39.7 Å². The van der Waals surface area contributed by atoms with Gasteiger partial charge in [-0.15, -0.1) is 5.10 Å². The second-order valence-corrected chi connectivity index (χ2v) is 10.3. The number of rotatable bonds is 6. The van der Waals surface area contributed by atoms with Crippen molar-refractivity contribution >= 4 is 28.4 Å². The molecule has 0 unspecified atom stereocenters. The topological polar surface area (TPSA) is 135 Å². The molecular weight excluding hydrogens is 496 g/mol. The van der Waals surface area contributed by atoms with Crippen molar-refractivity contribution in [2.24, 2.45) is 0 Å². The van der Waals surface area contributed by atoms with Crippen LogP contribution >= 0.6 is 0 Å². The molecule has 3 heterocycles. The maximum absolute atomic E-state index is 13.5. The van der Waals surface area contributed by atoms with Crippen LogP contribution in [0.4, 0.5) is 11.6 Å². The van der Waals surface area contributed by atoms with Gasteiger partial charge in [-0.3, -0.25) is 4.79 Å². The Balaban J connectivity index is 1.61. The lowest BCUT2D eigenvalue weighted by atomic mass is 9.86. The average molecular weight is 525 g/mol. The van der Waals surface area contributed by atoms with E-state index in [0.717, 1.165) is 16.5 Å². The van der Waals surface area contributed by atoms with Crippen molar-refractivity contribution in [3.8, 4) is 11.4 Å². The van der Waals surface area contributed by atoms with E-state index in [9.17, 15) is 19.8 Å². The zero-order valence-electron chi connectivity index (χ0n) is 22.0. The molecule has 0 bridgehead atoms. The molecule has 0 spiro atoms. The first-order chi connectivity index (χ1) is 18.6. The first-order valence-electron chi connectivity index (χ1n) is 12.4. The number of pyridine rings is 1. The molecule has 3 aromatic heterocycles. The third-order valence-electron chi connectivity index (χ3n) is 6.51. The number of benzene rings is 2. The average Bonchev–Trinajstić information content (AvgIpc) is 3.33. The van der Waals surface area contributed by atoms with Gasteiger partial charge in [0.05, 0.1) is 29.6 Å². The number of aryl methyl sites for hydroxylation is 1. The number of aromatic carboxylic acids is 1. The Labute approximate surface area is 224 Å².